The van der Waals surface area contributed by atoms with Gasteiger partial charge in [-0.05, 0) is 55.5 Å². The third-order valence-electron chi connectivity index (χ3n) is 6.20. The average molecular weight is 429 g/mol. The minimum absolute atomic E-state index is 0.0682. The molecule has 0 spiro atoms. The zero-order valence-corrected chi connectivity index (χ0v) is 18.1. The number of methoxy groups -OCH3 is 1. The Bertz CT molecular complexity index is 985. The molecule has 1 amide bonds. The van der Waals surface area contributed by atoms with Gasteiger partial charge in [-0.1, -0.05) is 30.3 Å². The Hall–Kier alpha value is -2.38. The third kappa shape index (κ3) is 4.09. The lowest BCUT2D eigenvalue weighted by Gasteiger charge is -2.34. The number of carbonyl (C=O) groups is 1. The Morgan fingerprint density at radius 2 is 1.70 bits per heavy atom. The van der Waals surface area contributed by atoms with E-state index in [1.54, 1.807) is 37.4 Å². The molecule has 0 aliphatic carbocycles. The highest BCUT2D eigenvalue weighted by Crippen LogP contribution is 2.36. The maximum Gasteiger partial charge on any atom is 0.243 e. The number of amides is 1. The van der Waals surface area contributed by atoms with Crippen LogP contribution < -0.4 is 4.74 Å². The summed E-state index contributed by atoms with van der Waals surface area (Å²) in [7, 11) is -1.85. The first-order valence-corrected chi connectivity index (χ1v) is 11.9. The Morgan fingerprint density at radius 1 is 0.967 bits per heavy atom. The molecule has 2 aliphatic rings. The van der Waals surface area contributed by atoms with E-state index in [2.05, 4.69) is 0 Å². The van der Waals surface area contributed by atoms with Crippen molar-refractivity contribution in [2.45, 2.75) is 36.6 Å². The molecule has 7 heteroatoms. The minimum atomic E-state index is -3.50. The Balaban J connectivity index is 1.42. The summed E-state index contributed by atoms with van der Waals surface area (Å²) in [5.41, 5.74) is 1.10. The van der Waals surface area contributed by atoms with Crippen LogP contribution in [-0.4, -0.2) is 50.3 Å². The van der Waals surface area contributed by atoms with Crippen molar-refractivity contribution in [1.82, 2.24) is 9.21 Å². The lowest BCUT2D eigenvalue weighted by molar-refractivity contribution is -0.137. The highest BCUT2D eigenvalue weighted by Gasteiger charge is 2.37. The van der Waals surface area contributed by atoms with Crippen LogP contribution >= 0.6 is 0 Å². The van der Waals surface area contributed by atoms with Crippen molar-refractivity contribution < 1.29 is 17.9 Å². The molecule has 2 aromatic rings. The Labute approximate surface area is 178 Å². The van der Waals surface area contributed by atoms with Crippen molar-refractivity contribution >= 4 is 15.9 Å². The molecule has 1 atom stereocenters. The molecular formula is C23H28N2O4S. The third-order valence-corrected chi connectivity index (χ3v) is 8.11. The molecule has 0 aromatic heterocycles. The van der Waals surface area contributed by atoms with Crippen LogP contribution in [-0.2, 0) is 14.8 Å². The van der Waals surface area contributed by atoms with Crippen LogP contribution in [0.1, 0.15) is 37.3 Å². The minimum Gasteiger partial charge on any atom is -0.497 e. The number of carbonyl (C=O) groups excluding carboxylic acids is 1. The van der Waals surface area contributed by atoms with E-state index in [-0.39, 0.29) is 17.9 Å². The number of likely N-dealkylation sites (tertiary alicyclic amines) is 1. The van der Waals surface area contributed by atoms with Crippen LogP contribution in [0.4, 0.5) is 0 Å². The summed E-state index contributed by atoms with van der Waals surface area (Å²) < 4.78 is 32.5. The van der Waals surface area contributed by atoms with E-state index in [4.69, 9.17) is 4.74 Å². The molecular weight excluding hydrogens is 400 g/mol. The molecule has 30 heavy (non-hydrogen) atoms. The van der Waals surface area contributed by atoms with Gasteiger partial charge in [-0.25, -0.2) is 8.42 Å². The van der Waals surface area contributed by atoms with Crippen molar-refractivity contribution in [3.8, 4) is 5.75 Å². The van der Waals surface area contributed by atoms with Crippen LogP contribution in [0.2, 0.25) is 0 Å². The fourth-order valence-electron chi connectivity index (χ4n) is 4.54. The van der Waals surface area contributed by atoms with Gasteiger partial charge in [0.25, 0.3) is 0 Å². The van der Waals surface area contributed by atoms with Crippen molar-refractivity contribution in [2.24, 2.45) is 5.92 Å². The number of rotatable bonds is 5. The second-order valence-electron chi connectivity index (χ2n) is 7.96. The van der Waals surface area contributed by atoms with Gasteiger partial charge in [0.2, 0.25) is 15.9 Å². The highest BCUT2D eigenvalue weighted by atomic mass is 32.2. The van der Waals surface area contributed by atoms with Crippen molar-refractivity contribution in [3.05, 3.63) is 60.2 Å². The first-order chi connectivity index (χ1) is 14.5. The Morgan fingerprint density at radius 3 is 2.40 bits per heavy atom. The van der Waals surface area contributed by atoms with E-state index in [0.29, 0.717) is 30.8 Å². The molecule has 2 saturated heterocycles. The standard InChI is InChI=1S/C23H28N2O4S/c1-29-20-8-5-7-19(17-20)22-11-6-14-25(22)23(26)18-12-15-24(16-13-18)30(27,28)21-9-3-2-4-10-21/h2-5,7-10,17-18,22H,6,11-16H2,1H3/t22-/m0/s1. The number of hydrogen-bond donors (Lipinski definition) is 0. The van der Waals surface area contributed by atoms with E-state index < -0.39 is 10.0 Å². The zero-order valence-electron chi connectivity index (χ0n) is 17.2. The van der Waals surface area contributed by atoms with Gasteiger partial charge < -0.3 is 9.64 Å². The predicted molar refractivity (Wildman–Crippen MR) is 115 cm³/mol. The maximum atomic E-state index is 13.3. The van der Waals surface area contributed by atoms with E-state index >= 15 is 0 Å². The van der Waals surface area contributed by atoms with E-state index in [1.165, 1.54) is 4.31 Å². The molecule has 0 radical (unpaired) electrons. The summed E-state index contributed by atoms with van der Waals surface area (Å²) in [5.74, 6) is 0.821. The topological polar surface area (TPSA) is 66.9 Å². The van der Waals surface area contributed by atoms with Gasteiger partial charge in [0.05, 0.1) is 18.0 Å². The normalized spacial score (nSPS) is 21.0. The van der Waals surface area contributed by atoms with E-state index in [0.717, 1.165) is 30.7 Å². The predicted octanol–water partition coefficient (Wildman–Crippen LogP) is 3.46. The second kappa shape index (κ2) is 8.78. The number of benzene rings is 2. The molecule has 2 heterocycles. The Kier molecular flexibility index (Phi) is 6.11. The smallest absolute Gasteiger partial charge is 0.243 e. The molecule has 0 saturated carbocycles. The first-order valence-electron chi connectivity index (χ1n) is 10.5. The van der Waals surface area contributed by atoms with E-state index in [9.17, 15) is 13.2 Å². The molecule has 6 nitrogen and oxygen atoms in total. The molecule has 160 valence electrons. The first kappa shape index (κ1) is 20.9. The number of sulfonamides is 1. The summed E-state index contributed by atoms with van der Waals surface area (Å²) in [6.45, 7) is 1.51. The second-order valence-corrected chi connectivity index (χ2v) is 9.90. The van der Waals surface area contributed by atoms with Gasteiger partial charge >= 0.3 is 0 Å². The number of nitrogens with zero attached hydrogens (tertiary/aromatic N) is 2. The van der Waals surface area contributed by atoms with Gasteiger partial charge in [0.15, 0.2) is 0 Å². The zero-order chi connectivity index (χ0) is 21.1. The van der Waals surface area contributed by atoms with Gasteiger partial charge in [0, 0.05) is 25.6 Å². The number of ether oxygens (including phenoxy) is 1. The summed E-state index contributed by atoms with van der Waals surface area (Å²) in [6, 6.07) is 16.5. The van der Waals surface area contributed by atoms with Gasteiger partial charge in [-0.2, -0.15) is 4.31 Å². The lowest BCUT2D eigenvalue weighted by atomic mass is 9.95. The van der Waals surface area contributed by atoms with Crippen LogP contribution in [0.15, 0.2) is 59.5 Å². The average Bonchev–Trinajstić information content (AvgIpc) is 3.29. The van der Waals surface area contributed by atoms with E-state index in [1.807, 2.05) is 29.2 Å². The SMILES string of the molecule is COc1cccc([C@@H]2CCCN2C(=O)C2CCN(S(=O)(=O)c3ccccc3)CC2)c1. The monoisotopic (exact) mass is 428 g/mol. The molecule has 4 rings (SSSR count). The summed E-state index contributed by atoms with van der Waals surface area (Å²) in [4.78, 5) is 15.6. The van der Waals surface area contributed by atoms with Gasteiger partial charge in [-0.15, -0.1) is 0 Å². The van der Waals surface area contributed by atoms with Crippen molar-refractivity contribution in [2.75, 3.05) is 26.7 Å². The van der Waals surface area contributed by atoms with Crippen LogP contribution in [0.5, 0.6) is 5.75 Å². The summed E-state index contributed by atoms with van der Waals surface area (Å²) in [6.07, 6.45) is 3.05. The quantitative estimate of drug-likeness (QED) is 0.732. The molecule has 0 bridgehead atoms. The number of hydrogen-bond acceptors (Lipinski definition) is 4. The van der Waals surface area contributed by atoms with Gasteiger partial charge in [-0.3, -0.25) is 4.79 Å². The van der Waals surface area contributed by atoms with Crippen LogP contribution in [0.25, 0.3) is 0 Å². The highest BCUT2D eigenvalue weighted by molar-refractivity contribution is 7.89. The maximum absolute atomic E-state index is 13.3. The summed E-state index contributed by atoms with van der Waals surface area (Å²) >= 11 is 0. The molecule has 2 aromatic carbocycles. The van der Waals surface area contributed by atoms with Crippen LogP contribution in [0, 0.1) is 5.92 Å². The van der Waals surface area contributed by atoms with Crippen LogP contribution in [0.3, 0.4) is 0 Å². The molecule has 2 aliphatic heterocycles. The molecule has 0 N–H and O–H groups in total. The largest absolute Gasteiger partial charge is 0.497 e. The molecule has 2 fully saturated rings. The lowest BCUT2D eigenvalue weighted by Crippen LogP contribution is -2.44. The van der Waals surface area contributed by atoms with Crippen molar-refractivity contribution in [3.63, 3.8) is 0 Å². The van der Waals surface area contributed by atoms with Gasteiger partial charge in [0.1, 0.15) is 5.75 Å². The van der Waals surface area contributed by atoms with Crippen molar-refractivity contribution in [1.29, 1.82) is 0 Å². The summed E-state index contributed by atoms with van der Waals surface area (Å²) in [5, 5.41) is 0. The molecule has 0 unspecified atom stereocenters. The fourth-order valence-corrected chi connectivity index (χ4v) is 6.04. The number of piperidine rings is 1. The fraction of sp³-hybridized carbons (Fsp3) is 0.435.